The van der Waals surface area contributed by atoms with Gasteiger partial charge in [0.1, 0.15) is 0 Å². The van der Waals surface area contributed by atoms with E-state index in [1.165, 1.54) is 38.8 Å². The molecule has 2 nitrogen and oxygen atoms in total. The van der Waals surface area contributed by atoms with E-state index in [2.05, 4.69) is 39.5 Å². The Morgan fingerprint density at radius 3 is 2.24 bits per heavy atom. The van der Waals surface area contributed by atoms with Crippen LogP contribution in [0.1, 0.15) is 60.3 Å². The minimum Gasteiger partial charge on any atom is -0.329 e. The number of nitrogens with zero attached hydrogens (tertiary/aromatic N) is 1. The lowest BCUT2D eigenvalue weighted by molar-refractivity contribution is 0.0979. The van der Waals surface area contributed by atoms with Crippen LogP contribution < -0.4 is 5.73 Å². The molecule has 1 aliphatic rings. The van der Waals surface area contributed by atoms with Crippen molar-refractivity contribution in [3.63, 3.8) is 0 Å². The standard InChI is InChI=1S/C15H32N2/c1-6-15(7-2)8-9-17(12-15)14(5,11-16)10-13(3)4/h13H,6-12,16H2,1-5H3. The van der Waals surface area contributed by atoms with E-state index >= 15 is 0 Å². The third-order valence-electron chi connectivity index (χ3n) is 4.99. The second-order valence-corrected chi connectivity index (χ2v) is 6.68. The average molecular weight is 240 g/mol. The number of nitrogens with two attached hydrogens (primary N) is 1. The molecular weight excluding hydrogens is 208 g/mol. The van der Waals surface area contributed by atoms with Crippen molar-refractivity contribution >= 4 is 0 Å². The van der Waals surface area contributed by atoms with Crippen molar-refractivity contribution in [2.24, 2.45) is 17.1 Å². The lowest BCUT2D eigenvalue weighted by Crippen LogP contribution is -2.52. The van der Waals surface area contributed by atoms with Crippen LogP contribution in [0.5, 0.6) is 0 Å². The van der Waals surface area contributed by atoms with E-state index in [0.717, 1.165) is 12.5 Å². The van der Waals surface area contributed by atoms with Crippen LogP contribution in [-0.2, 0) is 0 Å². The summed E-state index contributed by atoms with van der Waals surface area (Å²) in [5.74, 6) is 0.724. The van der Waals surface area contributed by atoms with Crippen LogP contribution in [0, 0.1) is 11.3 Å². The summed E-state index contributed by atoms with van der Waals surface area (Å²) < 4.78 is 0. The van der Waals surface area contributed by atoms with Crippen LogP contribution in [0.4, 0.5) is 0 Å². The summed E-state index contributed by atoms with van der Waals surface area (Å²) in [6.07, 6.45) is 5.19. The first-order valence-electron chi connectivity index (χ1n) is 7.36. The summed E-state index contributed by atoms with van der Waals surface area (Å²) in [6, 6.07) is 0. The first kappa shape index (κ1) is 15.0. The summed E-state index contributed by atoms with van der Waals surface area (Å²) in [6.45, 7) is 14.9. The Bertz CT molecular complexity index is 233. The van der Waals surface area contributed by atoms with Crippen molar-refractivity contribution in [2.45, 2.75) is 65.8 Å². The van der Waals surface area contributed by atoms with Gasteiger partial charge in [0.15, 0.2) is 0 Å². The van der Waals surface area contributed by atoms with Gasteiger partial charge in [0, 0.05) is 18.6 Å². The third-order valence-corrected chi connectivity index (χ3v) is 4.99. The first-order chi connectivity index (χ1) is 7.91. The van der Waals surface area contributed by atoms with Crippen molar-refractivity contribution in [1.82, 2.24) is 4.90 Å². The van der Waals surface area contributed by atoms with Crippen LogP contribution in [0.2, 0.25) is 0 Å². The Morgan fingerprint density at radius 1 is 1.29 bits per heavy atom. The normalized spacial score (nSPS) is 24.2. The molecule has 0 aromatic heterocycles. The van der Waals surface area contributed by atoms with Crippen molar-refractivity contribution < 1.29 is 0 Å². The van der Waals surface area contributed by atoms with Crippen molar-refractivity contribution in [3.05, 3.63) is 0 Å². The number of rotatable bonds is 6. The highest BCUT2D eigenvalue weighted by Gasteiger charge is 2.42. The SMILES string of the molecule is CCC1(CC)CCN(C(C)(CN)CC(C)C)C1. The fraction of sp³-hybridized carbons (Fsp3) is 1.00. The van der Waals surface area contributed by atoms with Gasteiger partial charge in [-0.3, -0.25) is 4.90 Å². The highest BCUT2D eigenvalue weighted by atomic mass is 15.2. The van der Waals surface area contributed by atoms with Gasteiger partial charge in [-0.1, -0.05) is 27.7 Å². The van der Waals surface area contributed by atoms with Gasteiger partial charge in [-0.05, 0) is 50.5 Å². The maximum absolute atomic E-state index is 6.06. The molecule has 1 unspecified atom stereocenters. The Labute approximate surface area is 108 Å². The quantitative estimate of drug-likeness (QED) is 0.772. The molecule has 0 amide bonds. The Kier molecular flexibility index (Phi) is 5.03. The van der Waals surface area contributed by atoms with E-state index in [0.29, 0.717) is 5.41 Å². The molecule has 0 radical (unpaired) electrons. The van der Waals surface area contributed by atoms with Gasteiger partial charge >= 0.3 is 0 Å². The van der Waals surface area contributed by atoms with Crippen LogP contribution >= 0.6 is 0 Å². The van der Waals surface area contributed by atoms with E-state index in [1.54, 1.807) is 0 Å². The third kappa shape index (κ3) is 3.23. The molecule has 2 heteroatoms. The zero-order valence-electron chi connectivity index (χ0n) is 12.6. The lowest BCUT2D eigenvalue weighted by Gasteiger charge is -2.41. The predicted octanol–water partition coefficient (Wildman–Crippen LogP) is 3.26. The van der Waals surface area contributed by atoms with Gasteiger partial charge in [0.2, 0.25) is 0 Å². The molecule has 1 fully saturated rings. The zero-order chi connectivity index (χ0) is 13.1. The molecule has 1 saturated heterocycles. The Hall–Kier alpha value is -0.0800. The van der Waals surface area contributed by atoms with Gasteiger partial charge in [0.05, 0.1) is 0 Å². The molecule has 1 rings (SSSR count). The van der Waals surface area contributed by atoms with Crippen LogP contribution in [0.15, 0.2) is 0 Å². The summed E-state index contributed by atoms with van der Waals surface area (Å²) in [4.78, 5) is 2.67. The minimum atomic E-state index is 0.209. The molecule has 1 atom stereocenters. The molecule has 0 aliphatic carbocycles. The molecule has 0 saturated carbocycles. The van der Waals surface area contributed by atoms with E-state index in [4.69, 9.17) is 5.73 Å². The molecule has 0 spiro atoms. The molecule has 0 aromatic carbocycles. The van der Waals surface area contributed by atoms with Crippen molar-refractivity contribution in [3.8, 4) is 0 Å². The highest BCUT2D eigenvalue weighted by molar-refractivity contribution is 4.97. The van der Waals surface area contributed by atoms with Gasteiger partial charge < -0.3 is 5.73 Å². The summed E-state index contributed by atoms with van der Waals surface area (Å²) in [7, 11) is 0. The average Bonchev–Trinajstić information content (AvgIpc) is 2.73. The highest BCUT2D eigenvalue weighted by Crippen LogP contribution is 2.40. The number of likely N-dealkylation sites (tertiary alicyclic amines) is 1. The summed E-state index contributed by atoms with van der Waals surface area (Å²) in [5, 5.41) is 0. The van der Waals surface area contributed by atoms with Gasteiger partial charge in [0.25, 0.3) is 0 Å². The molecule has 102 valence electrons. The van der Waals surface area contributed by atoms with E-state index in [9.17, 15) is 0 Å². The van der Waals surface area contributed by atoms with Crippen LogP contribution in [-0.4, -0.2) is 30.1 Å². The minimum absolute atomic E-state index is 0.209. The monoisotopic (exact) mass is 240 g/mol. The second kappa shape index (κ2) is 5.71. The van der Waals surface area contributed by atoms with E-state index < -0.39 is 0 Å². The van der Waals surface area contributed by atoms with Crippen LogP contribution in [0.25, 0.3) is 0 Å². The second-order valence-electron chi connectivity index (χ2n) is 6.68. The number of hydrogen-bond donors (Lipinski definition) is 1. The first-order valence-corrected chi connectivity index (χ1v) is 7.36. The Balaban J connectivity index is 2.73. The van der Waals surface area contributed by atoms with Crippen molar-refractivity contribution in [2.75, 3.05) is 19.6 Å². The summed E-state index contributed by atoms with van der Waals surface area (Å²) in [5.41, 5.74) is 6.84. The Morgan fingerprint density at radius 2 is 1.88 bits per heavy atom. The maximum atomic E-state index is 6.06. The topological polar surface area (TPSA) is 29.3 Å². The predicted molar refractivity (Wildman–Crippen MR) is 76.1 cm³/mol. The molecule has 2 N–H and O–H groups in total. The number of hydrogen-bond acceptors (Lipinski definition) is 2. The fourth-order valence-corrected chi connectivity index (χ4v) is 3.44. The fourth-order valence-electron chi connectivity index (χ4n) is 3.44. The van der Waals surface area contributed by atoms with Crippen LogP contribution in [0.3, 0.4) is 0 Å². The van der Waals surface area contributed by atoms with Gasteiger partial charge in [-0.25, -0.2) is 0 Å². The molecule has 0 bridgehead atoms. The van der Waals surface area contributed by atoms with E-state index in [1.807, 2.05) is 0 Å². The van der Waals surface area contributed by atoms with E-state index in [-0.39, 0.29) is 5.54 Å². The molecule has 1 aliphatic heterocycles. The molecular formula is C15H32N2. The van der Waals surface area contributed by atoms with Gasteiger partial charge in [-0.15, -0.1) is 0 Å². The summed E-state index contributed by atoms with van der Waals surface area (Å²) >= 11 is 0. The van der Waals surface area contributed by atoms with Gasteiger partial charge in [-0.2, -0.15) is 0 Å². The maximum Gasteiger partial charge on any atom is 0.0306 e. The molecule has 17 heavy (non-hydrogen) atoms. The molecule has 1 heterocycles. The van der Waals surface area contributed by atoms with Crippen molar-refractivity contribution in [1.29, 1.82) is 0 Å². The largest absolute Gasteiger partial charge is 0.329 e. The zero-order valence-corrected chi connectivity index (χ0v) is 12.6. The molecule has 0 aromatic rings. The lowest BCUT2D eigenvalue weighted by atomic mass is 9.81. The smallest absolute Gasteiger partial charge is 0.0306 e.